The molecule has 0 aromatic heterocycles. The van der Waals surface area contributed by atoms with E-state index in [-0.39, 0.29) is 0 Å². The van der Waals surface area contributed by atoms with E-state index >= 15 is 0 Å². The lowest BCUT2D eigenvalue weighted by Gasteiger charge is -2.47. The highest BCUT2D eigenvalue weighted by Gasteiger charge is 2.37. The predicted molar refractivity (Wildman–Crippen MR) is 60.1 cm³/mol. The average molecular weight is 349 g/mol. The van der Waals surface area contributed by atoms with Crippen molar-refractivity contribution in [1.82, 2.24) is 3.11 Å². The van der Waals surface area contributed by atoms with Crippen molar-refractivity contribution in [3.8, 4) is 0 Å². The van der Waals surface area contributed by atoms with Gasteiger partial charge in [-0.1, -0.05) is 22.6 Å². The largest absolute Gasteiger partial charge is 0.250 e. The monoisotopic (exact) mass is 349 g/mol. The normalized spacial score (nSPS) is 36.2. The summed E-state index contributed by atoms with van der Waals surface area (Å²) in [5.74, 6) is 0. The van der Waals surface area contributed by atoms with E-state index in [2.05, 4.69) is 56.4 Å². The van der Waals surface area contributed by atoms with Gasteiger partial charge in [0, 0.05) is 39.3 Å². The van der Waals surface area contributed by atoms with Gasteiger partial charge < -0.3 is 0 Å². The van der Waals surface area contributed by atoms with Gasteiger partial charge in [0.15, 0.2) is 0 Å². The van der Waals surface area contributed by atoms with Crippen LogP contribution >= 0.6 is 45.5 Å². The van der Waals surface area contributed by atoms with E-state index in [1.54, 1.807) is 0 Å². The molecule has 0 radical (unpaired) electrons. The second-order valence-corrected chi connectivity index (χ2v) is 5.02. The standard InChI is InChI=1S/C5H10BI2N/c6-5(1-3-7)2-4-9(5)8/h1-4,6H2. The van der Waals surface area contributed by atoms with Crippen LogP contribution in [-0.4, -0.2) is 27.4 Å². The highest BCUT2D eigenvalue weighted by atomic mass is 127. The zero-order chi connectivity index (χ0) is 6.91. The van der Waals surface area contributed by atoms with Gasteiger partial charge in [0.05, 0.1) is 0 Å². The third-order valence-corrected chi connectivity index (χ3v) is 4.25. The third kappa shape index (κ3) is 1.74. The summed E-state index contributed by atoms with van der Waals surface area (Å²) in [6, 6.07) is 0. The van der Waals surface area contributed by atoms with Gasteiger partial charge in [-0.2, -0.15) is 0 Å². The fraction of sp³-hybridized carbons (Fsp3) is 1.00. The Hall–Kier alpha value is 1.48. The molecule has 1 fully saturated rings. The Kier molecular flexibility index (Phi) is 3.10. The molecule has 0 amide bonds. The Morgan fingerprint density at radius 1 is 1.67 bits per heavy atom. The summed E-state index contributed by atoms with van der Waals surface area (Å²) < 4.78 is 3.71. The molecule has 52 valence electrons. The molecule has 1 aliphatic heterocycles. The highest BCUT2D eigenvalue weighted by Crippen LogP contribution is 2.34. The molecule has 9 heavy (non-hydrogen) atoms. The fourth-order valence-electron chi connectivity index (χ4n) is 1.03. The molecule has 0 aromatic rings. The minimum absolute atomic E-state index is 0.543. The third-order valence-electron chi connectivity index (χ3n) is 2.07. The zero-order valence-electron chi connectivity index (χ0n) is 5.53. The molecule has 0 aliphatic carbocycles. The molecule has 1 heterocycles. The SMILES string of the molecule is BC1(CCI)CCN1I. The number of alkyl halides is 1. The number of hydrogen-bond donors (Lipinski definition) is 0. The molecule has 0 spiro atoms. The van der Waals surface area contributed by atoms with E-state index in [1.165, 1.54) is 23.8 Å². The first-order valence-corrected chi connectivity index (χ1v) is 5.67. The van der Waals surface area contributed by atoms with Gasteiger partial charge in [-0.05, 0) is 12.8 Å². The van der Waals surface area contributed by atoms with E-state index in [0.717, 1.165) is 0 Å². The summed E-state index contributed by atoms with van der Waals surface area (Å²) in [4.78, 5) is 0. The molecule has 1 aliphatic rings. The van der Waals surface area contributed by atoms with E-state index in [1.807, 2.05) is 0 Å². The summed E-state index contributed by atoms with van der Waals surface area (Å²) in [5, 5.41) is 0. The van der Waals surface area contributed by atoms with Crippen molar-refractivity contribution in [3.05, 3.63) is 0 Å². The Morgan fingerprint density at radius 3 is 2.44 bits per heavy atom. The molecule has 1 atom stereocenters. The summed E-state index contributed by atoms with van der Waals surface area (Å²) in [5.41, 5.74) is 0.543. The first-order valence-electron chi connectivity index (χ1n) is 3.18. The Morgan fingerprint density at radius 2 is 2.33 bits per heavy atom. The number of halogens is 2. The van der Waals surface area contributed by atoms with Crippen LogP contribution in [0.25, 0.3) is 0 Å². The first-order chi connectivity index (χ1) is 4.19. The molecular formula is C5H10BI2N. The van der Waals surface area contributed by atoms with Crippen molar-refractivity contribution in [3.63, 3.8) is 0 Å². The lowest BCUT2D eigenvalue weighted by Crippen LogP contribution is -2.55. The molecule has 1 saturated heterocycles. The average Bonchev–Trinajstić information content (AvgIpc) is 1.86. The van der Waals surface area contributed by atoms with Crippen molar-refractivity contribution in [2.75, 3.05) is 11.0 Å². The fourth-order valence-corrected chi connectivity index (χ4v) is 2.91. The molecule has 0 bridgehead atoms. The quantitative estimate of drug-likeness (QED) is 0.314. The Labute approximate surface area is 85.0 Å². The maximum Gasteiger partial charge on any atom is 0.129 e. The molecule has 1 rings (SSSR count). The van der Waals surface area contributed by atoms with Crippen molar-refractivity contribution >= 4 is 53.3 Å². The summed E-state index contributed by atoms with van der Waals surface area (Å²) in [6.45, 7) is 1.29. The Balaban J connectivity index is 2.34. The molecule has 1 nitrogen and oxygen atoms in total. The lowest BCUT2D eigenvalue weighted by molar-refractivity contribution is 0.194. The van der Waals surface area contributed by atoms with Crippen LogP contribution in [0.4, 0.5) is 0 Å². The molecular weight excluding hydrogens is 339 g/mol. The number of hydrogen-bond acceptors (Lipinski definition) is 1. The Bertz CT molecular complexity index is 111. The van der Waals surface area contributed by atoms with E-state index < -0.39 is 0 Å². The van der Waals surface area contributed by atoms with Gasteiger partial charge in [-0.15, -0.1) is 0 Å². The van der Waals surface area contributed by atoms with Gasteiger partial charge in [-0.25, -0.2) is 3.11 Å². The number of rotatable bonds is 2. The lowest BCUT2D eigenvalue weighted by atomic mass is 9.68. The van der Waals surface area contributed by atoms with Crippen molar-refractivity contribution in [1.29, 1.82) is 0 Å². The topological polar surface area (TPSA) is 3.24 Å². The number of nitrogens with zero attached hydrogens (tertiary/aromatic N) is 1. The van der Waals surface area contributed by atoms with Crippen LogP contribution in [0.3, 0.4) is 0 Å². The van der Waals surface area contributed by atoms with Crippen LogP contribution in [0.15, 0.2) is 0 Å². The van der Waals surface area contributed by atoms with Crippen LogP contribution in [0.1, 0.15) is 12.8 Å². The van der Waals surface area contributed by atoms with Gasteiger partial charge in [0.2, 0.25) is 0 Å². The smallest absolute Gasteiger partial charge is 0.129 e. The zero-order valence-corrected chi connectivity index (χ0v) is 9.85. The molecule has 0 N–H and O–H groups in total. The maximum atomic E-state index is 2.45. The maximum absolute atomic E-state index is 2.45. The van der Waals surface area contributed by atoms with Crippen molar-refractivity contribution in [2.45, 2.75) is 18.3 Å². The summed E-state index contributed by atoms with van der Waals surface area (Å²) in [6.07, 6.45) is 2.73. The van der Waals surface area contributed by atoms with Gasteiger partial charge >= 0.3 is 0 Å². The van der Waals surface area contributed by atoms with E-state index in [0.29, 0.717) is 5.44 Å². The van der Waals surface area contributed by atoms with Crippen LogP contribution in [-0.2, 0) is 0 Å². The minimum atomic E-state index is 0.543. The summed E-state index contributed by atoms with van der Waals surface area (Å²) in [7, 11) is 2.35. The van der Waals surface area contributed by atoms with Gasteiger partial charge in [0.1, 0.15) is 7.85 Å². The van der Waals surface area contributed by atoms with Gasteiger partial charge in [0.25, 0.3) is 0 Å². The summed E-state index contributed by atoms with van der Waals surface area (Å²) >= 11 is 4.88. The second kappa shape index (κ2) is 3.25. The second-order valence-electron chi connectivity index (χ2n) is 2.77. The van der Waals surface area contributed by atoms with E-state index in [9.17, 15) is 0 Å². The van der Waals surface area contributed by atoms with E-state index in [4.69, 9.17) is 0 Å². The van der Waals surface area contributed by atoms with Gasteiger partial charge in [-0.3, -0.25) is 0 Å². The van der Waals surface area contributed by atoms with Crippen LogP contribution in [0.2, 0.25) is 0 Å². The van der Waals surface area contributed by atoms with Crippen molar-refractivity contribution in [2.24, 2.45) is 0 Å². The molecule has 1 unspecified atom stereocenters. The molecule has 0 saturated carbocycles. The molecule has 4 heteroatoms. The van der Waals surface area contributed by atoms with Crippen molar-refractivity contribution < 1.29 is 0 Å². The van der Waals surface area contributed by atoms with Crippen LogP contribution in [0.5, 0.6) is 0 Å². The highest BCUT2D eigenvalue weighted by molar-refractivity contribution is 14.1. The molecule has 0 aromatic carbocycles. The minimum Gasteiger partial charge on any atom is -0.250 e. The van der Waals surface area contributed by atoms with Crippen LogP contribution in [0, 0.1) is 0 Å². The first kappa shape index (κ1) is 8.58. The van der Waals surface area contributed by atoms with Crippen LogP contribution < -0.4 is 0 Å². The predicted octanol–water partition coefficient (Wildman–Crippen LogP) is 1.20.